The Hall–Kier alpha value is -1.11. The first-order valence-electron chi connectivity index (χ1n) is 8.88. The lowest BCUT2D eigenvalue weighted by Gasteiger charge is -2.24. The minimum Gasteiger partial charge on any atom is -0.355 e. The highest BCUT2D eigenvalue weighted by molar-refractivity contribution is 7.91. The van der Waals surface area contributed by atoms with Gasteiger partial charge in [0.2, 0.25) is 5.91 Å². The second-order valence-electron chi connectivity index (χ2n) is 6.88. The lowest BCUT2D eigenvalue weighted by atomic mass is 9.85. The molecule has 0 spiro atoms. The zero-order valence-electron chi connectivity index (χ0n) is 14.3. The van der Waals surface area contributed by atoms with Crippen molar-refractivity contribution in [2.45, 2.75) is 55.5 Å². The first kappa shape index (κ1) is 20.2. The fourth-order valence-corrected chi connectivity index (χ4v) is 5.20. The van der Waals surface area contributed by atoms with Gasteiger partial charge in [-0.2, -0.15) is 0 Å². The van der Waals surface area contributed by atoms with Crippen molar-refractivity contribution in [3.63, 3.8) is 0 Å². The van der Waals surface area contributed by atoms with E-state index in [0.717, 1.165) is 6.42 Å². The number of rotatable bonds is 6. The number of carbonyl (C=O) groups is 1. The summed E-state index contributed by atoms with van der Waals surface area (Å²) in [7, 11) is -3.26. The molecule has 1 amide bonds. The summed E-state index contributed by atoms with van der Waals surface area (Å²) in [6, 6.07) is 8.85. The zero-order valence-corrected chi connectivity index (χ0v) is 15.9. The summed E-state index contributed by atoms with van der Waals surface area (Å²) in [5.41, 5.74) is 0. The van der Waals surface area contributed by atoms with Crippen molar-refractivity contribution in [1.29, 1.82) is 0 Å². The highest BCUT2D eigenvalue weighted by Crippen LogP contribution is 2.33. The number of fused-ring (bicyclic) bond motifs is 1. The molecule has 1 saturated carbocycles. The Morgan fingerprint density at radius 1 is 1.16 bits per heavy atom. The van der Waals surface area contributed by atoms with Gasteiger partial charge in [0.05, 0.1) is 16.7 Å². The number of amides is 1. The maximum absolute atomic E-state index is 12.3. The van der Waals surface area contributed by atoms with Crippen LogP contribution < -0.4 is 10.6 Å². The molecule has 3 atom stereocenters. The molecule has 1 saturated heterocycles. The number of benzene rings is 1. The summed E-state index contributed by atoms with van der Waals surface area (Å²) < 4.78 is 24.4. The summed E-state index contributed by atoms with van der Waals surface area (Å²) in [6.45, 7) is 0.401. The van der Waals surface area contributed by atoms with Crippen molar-refractivity contribution in [1.82, 2.24) is 10.6 Å². The van der Waals surface area contributed by atoms with E-state index in [1.54, 1.807) is 30.3 Å². The fraction of sp³-hybridized carbons (Fsp3) is 0.611. The molecule has 2 fully saturated rings. The number of hydrogen-bond acceptors (Lipinski definition) is 4. The lowest BCUT2D eigenvalue weighted by Crippen LogP contribution is -2.43. The van der Waals surface area contributed by atoms with E-state index in [-0.39, 0.29) is 30.1 Å². The minimum absolute atomic E-state index is 0. The number of hydrogen-bond donors (Lipinski definition) is 2. The van der Waals surface area contributed by atoms with Crippen molar-refractivity contribution < 1.29 is 13.2 Å². The van der Waals surface area contributed by atoms with Crippen LogP contribution >= 0.6 is 12.4 Å². The topological polar surface area (TPSA) is 75.3 Å². The Balaban J connectivity index is 0.00000225. The molecule has 2 N–H and O–H groups in total. The number of carbonyl (C=O) groups excluding carboxylic acids is 1. The molecule has 1 aromatic rings. The summed E-state index contributed by atoms with van der Waals surface area (Å²) >= 11 is 0. The van der Waals surface area contributed by atoms with Gasteiger partial charge in [-0.3, -0.25) is 4.79 Å². The van der Waals surface area contributed by atoms with Gasteiger partial charge < -0.3 is 10.6 Å². The second-order valence-corrected chi connectivity index (χ2v) is 8.99. The van der Waals surface area contributed by atoms with Crippen molar-refractivity contribution in [3.05, 3.63) is 30.3 Å². The standard InChI is InChI=1S/C18H26N2O3S.ClH/c21-18(17-13-14-7-4-5-10-16(14)20-17)19-11-6-12-24(22,23)15-8-2-1-3-9-15;/h1-3,8-9,14,16-17,20H,4-7,10-13H2,(H,19,21);1H. The van der Waals surface area contributed by atoms with Crippen LogP contribution in [0.25, 0.3) is 0 Å². The highest BCUT2D eigenvalue weighted by Gasteiger charge is 2.37. The van der Waals surface area contributed by atoms with Crippen LogP contribution in [0.2, 0.25) is 0 Å². The monoisotopic (exact) mass is 386 g/mol. The lowest BCUT2D eigenvalue weighted by molar-refractivity contribution is -0.122. The van der Waals surface area contributed by atoms with Crippen LogP contribution in [0.3, 0.4) is 0 Å². The van der Waals surface area contributed by atoms with Crippen LogP contribution in [0.4, 0.5) is 0 Å². The van der Waals surface area contributed by atoms with Crippen LogP contribution in [0.1, 0.15) is 38.5 Å². The maximum atomic E-state index is 12.3. The van der Waals surface area contributed by atoms with E-state index >= 15 is 0 Å². The van der Waals surface area contributed by atoms with Crippen molar-refractivity contribution >= 4 is 28.2 Å². The molecule has 0 bridgehead atoms. The molecule has 3 rings (SSSR count). The Labute approximate surface area is 156 Å². The molecule has 1 aliphatic carbocycles. The normalized spacial score (nSPS) is 25.7. The molecular formula is C18H27ClN2O3S. The molecule has 1 heterocycles. The molecule has 5 nitrogen and oxygen atoms in total. The molecule has 1 aliphatic heterocycles. The predicted molar refractivity (Wildman–Crippen MR) is 101 cm³/mol. The smallest absolute Gasteiger partial charge is 0.237 e. The van der Waals surface area contributed by atoms with Gasteiger partial charge >= 0.3 is 0 Å². The molecule has 2 aliphatic rings. The van der Waals surface area contributed by atoms with Gasteiger partial charge in [0.25, 0.3) is 0 Å². The van der Waals surface area contributed by atoms with Gasteiger partial charge in [-0.25, -0.2) is 8.42 Å². The Bertz CT molecular complexity index is 652. The SMILES string of the molecule is Cl.O=C(NCCCS(=O)(=O)c1ccccc1)C1CC2CCCCC2N1. The van der Waals surface area contributed by atoms with E-state index in [9.17, 15) is 13.2 Å². The van der Waals surface area contributed by atoms with E-state index in [4.69, 9.17) is 0 Å². The molecule has 1 aromatic carbocycles. The first-order chi connectivity index (χ1) is 11.6. The average molecular weight is 387 g/mol. The molecule has 3 unspecified atom stereocenters. The molecule has 25 heavy (non-hydrogen) atoms. The Morgan fingerprint density at radius 2 is 1.88 bits per heavy atom. The van der Waals surface area contributed by atoms with Crippen LogP contribution in [0, 0.1) is 5.92 Å². The summed E-state index contributed by atoms with van der Waals surface area (Å²) in [6.07, 6.45) is 6.26. The largest absolute Gasteiger partial charge is 0.355 e. The van der Waals surface area contributed by atoms with E-state index < -0.39 is 9.84 Å². The van der Waals surface area contributed by atoms with Gasteiger partial charge in [0, 0.05) is 12.6 Å². The quantitative estimate of drug-likeness (QED) is 0.735. The zero-order chi connectivity index (χ0) is 17.0. The Morgan fingerprint density at radius 3 is 2.60 bits per heavy atom. The molecular weight excluding hydrogens is 360 g/mol. The second kappa shape index (κ2) is 9.01. The predicted octanol–water partition coefficient (Wildman–Crippen LogP) is 2.31. The molecule has 0 radical (unpaired) electrons. The van der Waals surface area contributed by atoms with Gasteiger partial charge in [-0.15, -0.1) is 12.4 Å². The van der Waals surface area contributed by atoms with Crippen LogP contribution in [0.5, 0.6) is 0 Å². The maximum Gasteiger partial charge on any atom is 0.237 e. The van der Waals surface area contributed by atoms with Crippen molar-refractivity contribution in [3.8, 4) is 0 Å². The average Bonchev–Trinajstić information content (AvgIpc) is 3.03. The Kier molecular flexibility index (Phi) is 7.28. The van der Waals surface area contributed by atoms with E-state index in [2.05, 4.69) is 10.6 Å². The van der Waals surface area contributed by atoms with Crippen molar-refractivity contribution in [2.75, 3.05) is 12.3 Å². The third kappa shape index (κ3) is 5.19. The fourth-order valence-electron chi connectivity index (χ4n) is 3.86. The van der Waals surface area contributed by atoms with E-state index in [1.165, 1.54) is 25.7 Å². The molecule has 0 aromatic heterocycles. The van der Waals surface area contributed by atoms with E-state index in [1.807, 2.05) is 0 Å². The van der Waals surface area contributed by atoms with Gasteiger partial charge in [0.1, 0.15) is 0 Å². The number of halogens is 1. The summed E-state index contributed by atoms with van der Waals surface area (Å²) in [5.74, 6) is 0.704. The van der Waals surface area contributed by atoms with Gasteiger partial charge in [-0.1, -0.05) is 31.0 Å². The van der Waals surface area contributed by atoms with Gasteiger partial charge in [0.15, 0.2) is 9.84 Å². The minimum atomic E-state index is -3.26. The number of sulfone groups is 1. The summed E-state index contributed by atoms with van der Waals surface area (Å²) in [5, 5.41) is 6.34. The van der Waals surface area contributed by atoms with Crippen LogP contribution in [0.15, 0.2) is 35.2 Å². The van der Waals surface area contributed by atoms with Crippen LogP contribution in [-0.2, 0) is 14.6 Å². The molecule has 140 valence electrons. The van der Waals surface area contributed by atoms with Crippen LogP contribution in [-0.4, -0.2) is 38.7 Å². The third-order valence-electron chi connectivity index (χ3n) is 5.17. The molecule has 7 heteroatoms. The third-order valence-corrected chi connectivity index (χ3v) is 6.99. The first-order valence-corrected chi connectivity index (χ1v) is 10.5. The van der Waals surface area contributed by atoms with Gasteiger partial charge in [-0.05, 0) is 43.7 Å². The van der Waals surface area contributed by atoms with Crippen molar-refractivity contribution in [2.24, 2.45) is 5.92 Å². The van der Waals surface area contributed by atoms with E-state index in [0.29, 0.717) is 29.8 Å². The highest BCUT2D eigenvalue weighted by atomic mass is 35.5. The number of nitrogens with one attached hydrogen (secondary N) is 2. The summed E-state index contributed by atoms with van der Waals surface area (Å²) in [4.78, 5) is 12.6.